The second-order valence-corrected chi connectivity index (χ2v) is 14.7. The van der Waals surface area contributed by atoms with Crippen molar-refractivity contribution >= 4 is 46.6 Å². The first-order chi connectivity index (χ1) is 27.6. The maximum Gasteiger partial charge on any atom is 0.224 e. The van der Waals surface area contributed by atoms with Gasteiger partial charge < -0.3 is 67.1 Å². The summed E-state index contributed by atoms with van der Waals surface area (Å²) < 4.78 is 0. The molecule has 20 N–H and O–H groups in total. The first kappa shape index (κ1) is 54.4. The van der Waals surface area contributed by atoms with E-state index in [0.717, 1.165) is 0 Å². The van der Waals surface area contributed by atoms with Gasteiger partial charge in [-0.2, -0.15) is 0 Å². The number of hydrogen-bond acceptors (Lipinski definition) is 17. The van der Waals surface area contributed by atoms with Crippen LogP contribution < -0.4 is 67.1 Å². The summed E-state index contributed by atoms with van der Waals surface area (Å²) in [5, 5.41) is 11.0. The lowest BCUT2D eigenvalue weighted by Crippen LogP contribution is -2.49. The molecule has 0 aliphatic rings. The fourth-order valence-electron chi connectivity index (χ4n) is 6.71. The Morgan fingerprint density at radius 2 is 0.586 bits per heavy atom. The predicted molar refractivity (Wildman–Crippen MR) is 221 cm³/mol. The molecular formula is C38H74N12O8. The molecule has 334 valence electrons. The normalized spacial score (nSPS) is 15.5. The van der Waals surface area contributed by atoms with Crippen LogP contribution in [0, 0.1) is 23.7 Å². The van der Waals surface area contributed by atoms with Crippen molar-refractivity contribution in [1.82, 2.24) is 21.3 Å². The van der Waals surface area contributed by atoms with Gasteiger partial charge >= 0.3 is 0 Å². The topological polar surface area (TPSA) is 393 Å². The molecule has 3 amide bonds. The predicted octanol–water partition coefficient (Wildman–Crippen LogP) is -4.29. The maximum atomic E-state index is 13.7. The third-order valence-corrected chi connectivity index (χ3v) is 10.2. The van der Waals surface area contributed by atoms with Crippen LogP contribution in [0.4, 0.5) is 0 Å². The molecule has 0 aromatic heterocycles. The highest BCUT2D eigenvalue weighted by Gasteiger charge is 2.34. The van der Waals surface area contributed by atoms with Gasteiger partial charge in [0.25, 0.3) is 0 Å². The molecule has 0 fully saturated rings. The first-order valence-corrected chi connectivity index (χ1v) is 20.4. The second kappa shape index (κ2) is 31.3. The van der Waals surface area contributed by atoms with Crippen molar-refractivity contribution in [3.63, 3.8) is 0 Å². The van der Waals surface area contributed by atoms with E-state index in [-0.39, 0.29) is 128 Å². The molecular weight excluding hydrogens is 752 g/mol. The van der Waals surface area contributed by atoms with Crippen LogP contribution in [0.15, 0.2) is 0 Å². The summed E-state index contributed by atoms with van der Waals surface area (Å²) in [6.07, 6.45) is 0.240. The molecule has 0 rings (SSSR count). The molecule has 0 unspecified atom stereocenters. The quantitative estimate of drug-likeness (QED) is 0.0284. The van der Waals surface area contributed by atoms with Crippen LogP contribution in [-0.4, -0.2) is 130 Å². The van der Waals surface area contributed by atoms with Crippen molar-refractivity contribution in [1.29, 1.82) is 0 Å². The van der Waals surface area contributed by atoms with Crippen molar-refractivity contribution in [2.75, 3.05) is 59.4 Å². The Hall–Kier alpha value is -3.60. The fourth-order valence-corrected chi connectivity index (χ4v) is 6.71. The second-order valence-electron chi connectivity index (χ2n) is 14.7. The molecule has 0 saturated heterocycles. The van der Waals surface area contributed by atoms with Gasteiger partial charge in [-0.15, -0.1) is 0 Å². The van der Waals surface area contributed by atoms with E-state index in [2.05, 4.69) is 21.3 Å². The van der Waals surface area contributed by atoms with E-state index >= 15 is 0 Å². The Morgan fingerprint density at radius 3 is 0.828 bits per heavy atom. The van der Waals surface area contributed by atoms with Crippen molar-refractivity contribution in [3.05, 3.63) is 0 Å². The van der Waals surface area contributed by atoms with E-state index in [9.17, 15) is 38.4 Å². The molecule has 20 nitrogen and oxygen atoms in total. The van der Waals surface area contributed by atoms with Crippen molar-refractivity contribution < 1.29 is 38.4 Å². The smallest absolute Gasteiger partial charge is 0.224 e. The SMILES string of the molecule is CN[C@@H](CCN)C(=O)C[C@@H](CCN)C(=O)N[C@@H](CCN)C(=O)C[C@@H](CCN)C(=O)N[C@@H](CCN)C(=O)C[C@@H](CCN)C(=O)N[C@@H](CCN)C(=O)C[C@@H](CCN)C(C)=O. The number of nitrogens with one attached hydrogen (secondary N) is 4. The van der Waals surface area contributed by atoms with Gasteiger partial charge in [0.2, 0.25) is 17.7 Å². The number of rotatable bonds is 36. The minimum Gasteiger partial charge on any atom is -0.346 e. The van der Waals surface area contributed by atoms with E-state index in [0.29, 0.717) is 12.8 Å². The summed E-state index contributed by atoms with van der Waals surface area (Å²) in [5.74, 6) is -7.04. The third-order valence-electron chi connectivity index (χ3n) is 10.2. The number of carbonyl (C=O) groups is 8. The number of amides is 3. The summed E-state index contributed by atoms with van der Waals surface area (Å²) in [4.78, 5) is 106. The Labute approximate surface area is 342 Å². The maximum absolute atomic E-state index is 13.7. The van der Waals surface area contributed by atoms with Crippen LogP contribution in [0.5, 0.6) is 0 Å². The Kier molecular flexibility index (Phi) is 29.4. The molecule has 0 aromatic carbocycles. The number of carbonyl (C=O) groups excluding carboxylic acids is 8. The first-order valence-electron chi connectivity index (χ1n) is 20.4. The number of hydrogen-bond donors (Lipinski definition) is 12. The molecule has 0 bridgehead atoms. The van der Waals surface area contributed by atoms with Gasteiger partial charge in [0.1, 0.15) is 5.78 Å². The van der Waals surface area contributed by atoms with Gasteiger partial charge in [-0.25, -0.2) is 0 Å². The molecule has 0 aromatic rings. The Morgan fingerprint density at radius 1 is 0.362 bits per heavy atom. The lowest BCUT2D eigenvalue weighted by Gasteiger charge is -2.26. The monoisotopic (exact) mass is 827 g/mol. The van der Waals surface area contributed by atoms with Gasteiger partial charge in [0.05, 0.1) is 24.2 Å². The average Bonchev–Trinajstić information content (AvgIpc) is 3.18. The minimum absolute atomic E-state index is 0.00349. The molecule has 0 aliphatic carbocycles. The lowest BCUT2D eigenvalue weighted by atomic mass is 9.89. The molecule has 0 saturated carbocycles. The van der Waals surface area contributed by atoms with Crippen LogP contribution in [0.3, 0.4) is 0 Å². The van der Waals surface area contributed by atoms with Gasteiger partial charge in [-0.3, -0.25) is 38.4 Å². The van der Waals surface area contributed by atoms with Crippen molar-refractivity contribution in [2.24, 2.45) is 69.5 Å². The van der Waals surface area contributed by atoms with Crippen molar-refractivity contribution in [2.45, 2.75) is 108 Å². The Bertz CT molecular complexity index is 1310. The zero-order chi connectivity index (χ0) is 44.2. The molecule has 20 heteroatoms. The number of likely N-dealkylation sites (N-methyl/N-ethyl adjacent to an activating group) is 1. The highest BCUT2D eigenvalue weighted by Crippen LogP contribution is 2.18. The van der Waals surface area contributed by atoms with Gasteiger partial charge in [0, 0.05) is 49.4 Å². The van der Waals surface area contributed by atoms with E-state index in [4.69, 9.17) is 45.9 Å². The molecule has 0 heterocycles. The molecule has 0 spiro atoms. The highest BCUT2D eigenvalue weighted by molar-refractivity contribution is 5.97. The summed E-state index contributed by atoms with van der Waals surface area (Å²) in [6.45, 7) is 2.11. The van der Waals surface area contributed by atoms with E-state index in [1.807, 2.05) is 0 Å². The van der Waals surface area contributed by atoms with Gasteiger partial charge in [-0.1, -0.05) is 0 Å². The van der Waals surface area contributed by atoms with Gasteiger partial charge in [0.15, 0.2) is 23.1 Å². The van der Waals surface area contributed by atoms with E-state index < -0.39 is 82.9 Å². The number of nitrogens with two attached hydrogens (primary N) is 8. The van der Waals surface area contributed by atoms with Crippen LogP contribution in [0.1, 0.15) is 84.0 Å². The molecule has 58 heavy (non-hydrogen) atoms. The Balaban J connectivity index is 6.00. The molecule has 0 aliphatic heterocycles. The molecule has 8 atom stereocenters. The molecule has 0 radical (unpaired) electrons. The lowest BCUT2D eigenvalue weighted by molar-refractivity contribution is -0.136. The zero-order valence-electron chi connectivity index (χ0n) is 34.6. The number of Topliss-reactive ketones (excluding diaryl/α,β-unsaturated/α-hetero) is 5. The van der Waals surface area contributed by atoms with Crippen LogP contribution in [0.2, 0.25) is 0 Å². The van der Waals surface area contributed by atoms with Gasteiger partial charge in [-0.05, 0) is 118 Å². The van der Waals surface area contributed by atoms with E-state index in [1.165, 1.54) is 6.92 Å². The van der Waals surface area contributed by atoms with E-state index in [1.54, 1.807) is 7.05 Å². The van der Waals surface area contributed by atoms with Crippen LogP contribution in [-0.2, 0) is 38.4 Å². The third kappa shape index (κ3) is 20.4. The van der Waals surface area contributed by atoms with Crippen LogP contribution in [0.25, 0.3) is 0 Å². The largest absolute Gasteiger partial charge is 0.346 e. The van der Waals surface area contributed by atoms with Crippen LogP contribution >= 0.6 is 0 Å². The standard InChI is InChI=1S/C38H74N12O8/c1-23(51)24(3-11-39)19-33(53)29(8-16-44)48-37(57)26(5-13-41)21-35(55)31(10-18-46)50-38(58)27(6-14-42)22-34(54)30(9-17-45)49-36(56)25(4-12-40)20-32(52)28(47-2)7-15-43/h24-31,47H,3-22,39-46H2,1-2H3,(H,48,57)(H,49,56)(H,50,58)/t24-,25-,26-,27-,28+,29+,30+,31+/m1/s1. The summed E-state index contributed by atoms with van der Waals surface area (Å²) >= 11 is 0. The average molecular weight is 827 g/mol. The summed E-state index contributed by atoms with van der Waals surface area (Å²) in [5.41, 5.74) is 45.9. The van der Waals surface area contributed by atoms with Crippen molar-refractivity contribution in [3.8, 4) is 0 Å². The number of ketones is 5. The summed E-state index contributed by atoms with van der Waals surface area (Å²) in [7, 11) is 1.62. The minimum atomic E-state index is -1.13. The zero-order valence-corrected chi connectivity index (χ0v) is 34.6. The highest BCUT2D eigenvalue weighted by atomic mass is 16.2. The fraction of sp³-hybridized carbons (Fsp3) is 0.789. The summed E-state index contributed by atoms with van der Waals surface area (Å²) in [6, 6.07) is -3.76.